The first-order valence-electron chi connectivity index (χ1n) is 3.80. The molecule has 0 aliphatic rings. The molecular formula is C8H10N2O3S. The van der Waals surface area contributed by atoms with Gasteiger partial charge in [-0.05, 0) is 24.3 Å². The van der Waals surface area contributed by atoms with Crippen LogP contribution < -0.4 is 0 Å². The Labute approximate surface area is 82.6 Å². The Morgan fingerprint density at radius 3 is 2.21 bits per heavy atom. The van der Waals surface area contributed by atoms with Gasteiger partial charge in [-0.2, -0.15) is 18.6 Å². The van der Waals surface area contributed by atoms with Crippen LogP contribution in [-0.4, -0.2) is 22.6 Å². The van der Waals surface area contributed by atoms with Crippen LogP contribution in [0, 0.1) is 0 Å². The van der Waals surface area contributed by atoms with Crippen molar-refractivity contribution in [3.05, 3.63) is 24.3 Å². The molecule has 1 aromatic rings. The molecule has 0 radical (unpaired) electrons. The molecular weight excluding hydrogens is 204 g/mol. The lowest BCUT2D eigenvalue weighted by molar-refractivity contribution is 0.398. The van der Waals surface area contributed by atoms with Gasteiger partial charge >= 0.3 is 0 Å². The van der Waals surface area contributed by atoms with Crippen molar-refractivity contribution in [3.8, 4) is 0 Å². The van der Waals surface area contributed by atoms with E-state index in [2.05, 4.69) is 14.4 Å². The molecule has 0 saturated heterocycles. The SMILES string of the molecule is CN=Nc1ccc(S(=O)(=O)OC)cc1. The Bertz CT molecular complexity index is 422. The second kappa shape index (κ2) is 4.30. The zero-order valence-corrected chi connectivity index (χ0v) is 8.65. The topological polar surface area (TPSA) is 68.1 Å². The third-order valence-corrected chi connectivity index (χ3v) is 2.85. The molecule has 0 bridgehead atoms. The summed E-state index contributed by atoms with van der Waals surface area (Å²) in [5.41, 5.74) is 0.600. The van der Waals surface area contributed by atoms with Crippen molar-refractivity contribution in [1.82, 2.24) is 0 Å². The summed E-state index contributed by atoms with van der Waals surface area (Å²) in [5, 5.41) is 7.31. The van der Waals surface area contributed by atoms with Gasteiger partial charge in [0.1, 0.15) is 0 Å². The van der Waals surface area contributed by atoms with Gasteiger partial charge in [0.05, 0.1) is 17.7 Å². The standard InChI is InChI=1S/C8H10N2O3S/c1-9-10-7-3-5-8(6-4-7)14(11,12)13-2/h3-6H,1-2H3. The van der Waals surface area contributed by atoms with Crippen molar-refractivity contribution in [3.63, 3.8) is 0 Å². The maximum absolute atomic E-state index is 11.2. The minimum atomic E-state index is -3.60. The van der Waals surface area contributed by atoms with Crippen LogP contribution in [0.15, 0.2) is 39.4 Å². The maximum atomic E-state index is 11.2. The number of azo groups is 1. The summed E-state index contributed by atoms with van der Waals surface area (Å²) in [6.45, 7) is 0. The fraction of sp³-hybridized carbons (Fsp3) is 0.250. The summed E-state index contributed by atoms with van der Waals surface area (Å²) in [6.07, 6.45) is 0. The molecule has 0 spiro atoms. The van der Waals surface area contributed by atoms with E-state index in [-0.39, 0.29) is 4.90 Å². The van der Waals surface area contributed by atoms with E-state index >= 15 is 0 Å². The lowest BCUT2D eigenvalue weighted by Gasteiger charge is -2.00. The Morgan fingerprint density at radius 1 is 1.21 bits per heavy atom. The van der Waals surface area contributed by atoms with Gasteiger partial charge < -0.3 is 0 Å². The predicted molar refractivity (Wildman–Crippen MR) is 51.1 cm³/mol. The van der Waals surface area contributed by atoms with Crippen molar-refractivity contribution in [1.29, 1.82) is 0 Å². The van der Waals surface area contributed by atoms with Crippen LogP contribution in [0.4, 0.5) is 5.69 Å². The van der Waals surface area contributed by atoms with E-state index in [1.54, 1.807) is 19.2 Å². The van der Waals surface area contributed by atoms with Crippen LogP contribution in [0.5, 0.6) is 0 Å². The van der Waals surface area contributed by atoms with Gasteiger partial charge in [0.15, 0.2) is 0 Å². The lowest BCUT2D eigenvalue weighted by Crippen LogP contribution is -2.01. The molecule has 0 fully saturated rings. The normalized spacial score (nSPS) is 12.1. The van der Waals surface area contributed by atoms with Crippen molar-refractivity contribution in [2.75, 3.05) is 14.2 Å². The Kier molecular flexibility index (Phi) is 3.32. The average molecular weight is 214 g/mol. The van der Waals surface area contributed by atoms with Crippen LogP contribution in [-0.2, 0) is 14.3 Å². The van der Waals surface area contributed by atoms with E-state index in [9.17, 15) is 8.42 Å². The Morgan fingerprint density at radius 2 is 1.79 bits per heavy atom. The Hall–Kier alpha value is -1.27. The van der Waals surface area contributed by atoms with Crippen LogP contribution >= 0.6 is 0 Å². The van der Waals surface area contributed by atoms with Gasteiger partial charge in [-0.1, -0.05) is 0 Å². The summed E-state index contributed by atoms with van der Waals surface area (Å²) < 4.78 is 26.7. The second-order valence-electron chi connectivity index (χ2n) is 2.41. The van der Waals surface area contributed by atoms with Crippen LogP contribution in [0.3, 0.4) is 0 Å². The molecule has 0 heterocycles. The number of hydrogen-bond acceptors (Lipinski definition) is 5. The summed E-state index contributed by atoms with van der Waals surface area (Å²) in [6, 6.07) is 5.95. The number of nitrogens with zero attached hydrogens (tertiary/aromatic N) is 2. The summed E-state index contributed by atoms with van der Waals surface area (Å²) in [7, 11) is -0.941. The smallest absolute Gasteiger partial charge is 0.270 e. The molecule has 76 valence electrons. The molecule has 0 amide bonds. The number of benzene rings is 1. The van der Waals surface area contributed by atoms with Crippen LogP contribution in [0.2, 0.25) is 0 Å². The molecule has 14 heavy (non-hydrogen) atoms. The molecule has 0 unspecified atom stereocenters. The van der Waals surface area contributed by atoms with Crippen LogP contribution in [0.1, 0.15) is 0 Å². The zero-order valence-electron chi connectivity index (χ0n) is 7.84. The van der Waals surface area contributed by atoms with Gasteiger partial charge in [-0.15, -0.1) is 0 Å². The molecule has 0 saturated carbocycles. The van der Waals surface area contributed by atoms with Gasteiger partial charge in [-0.3, -0.25) is 4.18 Å². The molecule has 0 aromatic heterocycles. The quantitative estimate of drug-likeness (QED) is 0.568. The van der Waals surface area contributed by atoms with Gasteiger partial charge in [0.25, 0.3) is 10.1 Å². The summed E-state index contributed by atoms with van der Waals surface area (Å²) in [5.74, 6) is 0. The monoisotopic (exact) mass is 214 g/mol. The largest absolute Gasteiger partial charge is 0.296 e. The predicted octanol–water partition coefficient (Wildman–Crippen LogP) is 1.74. The zero-order chi connectivity index (χ0) is 10.6. The maximum Gasteiger partial charge on any atom is 0.296 e. The summed E-state index contributed by atoms with van der Waals surface area (Å²) in [4.78, 5) is 0.107. The average Bonchev–Trinajstić information content (AvgIpc) is 2.19. The molecule has 0 N–H and O–H groups in total. The highest BCUT2D eigenvalue weighted by atomic mass is 32.2. The molecule has 0 aliphatic carbocycles. The van der Waals surface area contributed by atoms with Crippen molar-refractivity contribution >= 4 is 15.8 Å². The molecule has 1 aromatic carbocycles. The minimum Gasteiger partial charge on any atom is -0.270 e. The minimum absolute atomic E-state index is 0.107. The first-order valence-corrected chi connectivity index (χ1v) is 5.21. The van der Waals surface area contributed by atoms with Gasteiger partial charge in [0.2, 0.25) is 0 Å². The highest BCUT2D eigenvalue weighted by molar-refractivity contribution is 7.86. The first kappa shape index (κ1) is 10.8. The summed E-state index contributed by atoms with van der Waals surface area (Å²) >= 11 is 0. The molecule has 5 nitrogen and oxygen atoms in total. The second-order valence-corrected chi connectivity index (χ2v) is 4.13. The van der Waals surface area contributed by atoms with Crippen LogP contribution in [0.25, 0.3) is 0 Å². The van der Waals surface area contributed by atoms with Crippen molar-refractivity contribution in [2.24, 2.45) is 10.2 Å². The van der Waals surface area contributed by atoms with E-state index in [4.69, 9.17) is 0 Å². The Balaban J connectivity index is 3.06. The van der Waals surface area contributed by atoms with E-state index in [1.165, 1.54) is 12.1 Å². The van der Waals surface area contributed by atoms with Gasteiger partial charge in [-0.25, -0.2) is 0 Å². The first-order chi connectivity index (χ1) is 6.60. The van der Waals surface area contributed by atoms with E-state index in [0.29, 0.717) is 5.69 Å². The van der Waals surface area contributed by atoms with E-state index in [1.807, 2.05) is 0 Å². The molecule has 1 rings (SSSR count). The third-order valence-electron chi connectivity index (χ3n) is 1.56. The number of hydrogen-bond donors (Lipinski definition) is 0. The van der Waals surface area contributed by atoms with Gasteiger partial charge in [0, 0.05) is 7.05 Å². The van der Waals surface area contributed by atoms with E-state index in [0.717, 1.165) is 7.11 Å². The van der Waals surface area contributed by atoms with Crippen molar-refractivity contribution in [2.45, 2.75) is 4.90 Å². The van der Waals surface area contributed by atoms with Crippen molar-refractivity contribution < 1.29 is 12.6 Å². The highest BCUT2D eigenvalue weighted by Crippen LogP contribution is 2.17. The fourth-order valence-electron chi connectivity index (χ4n) is 0.891. The lowest BCUT2D eigenvalue weighted by atomic mass is 10.3. The highest BCUT2D eigenvalue weighted by Gasteiger charge is 2.11. The number of rotatable bonds is 3. The molecule has 6 heteroatoms. The molecule has 0 aliphatic heterocycles. The molecule has 0 atom stereocenters. The third kappa shape index (κ3) is 2.36. The van der Waals surface area contributed by atoms with E-state index < -0.39 is 10.1 Å². The fourth-order valence-corrected chi connectivity index (χ4v) is 1.55.